The Morgan fingerprint density at radius 2 is 1.95 bits per heavy atom. The average molecular weight is 280 g/mol. The second-order valence-corrected chi connectivity index (χ2v) is 3.66. The van der Waals surface area contributed by atoms with E-state index in [4.69, 9.17) is 5.73 Å². The predicted octanol–water partition coefficient (Wildman–Crippen LogP) is 0.682. The molecule has 0 bridgehead atoms. The maximum atomic E-state index is 11.7. The molecule has 19 heavy (non-hydrogen) atoms. The Morgan fingerprint density at radius 3 is 2.53 bits per heavy atom. The molecule has 1 amide bonds. The van der Waals surface area contributed by atoms with E-state index in [-0.39, 0.29) is 24.1 Å². The molecule has 0 aliphatic carbocycles. The first kappa shape index (κ1) is 15.0. The molecule has 0 saturated heterocycles. The van der Waals surface area contributed by atoms with Gasteiger partial charge >= 0.3 is 0 Å². The number of nitrogens with one attached hydrogen (secondary N) is 1. The fraction of sp³-hybridized carbons (Fsp3) is 0.167. The number of hydrogen-bond donors (Lipinski definition) is 2. The molecule has 7 heteroatoms. The van der Waals surface area contributed by atoms with Crippen molar-refractivity contribution in [3.8, 4) is 0 Å². The van der Waals surface area contributed by atoms with Gasteiger partial charge in [0, 0.05) is 43.4 Å². The van der Waals surface area contributed by atoms with Gasteiger partial charge in [-0.25, -0.2) is 9.97 Å². The van der Waals surface area contributed by atoms with Gasteiger partial charge in [-0.2, -0.15) is 0 Å². The molecule has 0 saturated carbocycles. The second kappa shape index (κ2) is 7.40. The van der Waals surface area contributed by atoms with Crippen LogP contribution in [-0.4, -0.2) is 20.9 Å². The third-order valence-electron chi connectivity index (χ3n) is 2.32. The number of amides is 1. The lowest BCUT2D eigenvalue weighted by molar-refractivity contribution is 0.0940. The van der Waals surface area contributed by atoms with Crippen LogP contribution >= 0.6 is 12.4 Å². The first-order chi connectivity index (χ1) is 8.79. The highest BCUT2D eigenvalue weighted by atomic mass is 35.5. The molecule has 100 valence electrons. The van der Waals surface area contributed by atoms with Crippen molar-refractivity contribution in [2.24, 2.45) is 5.73 Å². The standard InChI is InChI=1S/C12H13N5O.ClH/c13-4-10-7-15-11(16-8-10)12(18)17-6-9-2-1-3-14-5-9;/h1-3,5,7-8H,4,6,13H2,(H,17,18);1H. The summed E-state index contributed by atoms with van der Waals surface area (Å²) >= 11 is 0. The molecule has 0 aliphatic rings. The molecule has 2 aromatic rings. The average Bonchev–Trinajstić information content (AvgIpc) is 2.46. The lowest BCUT2D eigenvalue weighted by Crippen LogP contribution is -2.25. The first-order valence-electron chi connectivity index (χ1n) is 5.47. The van der Waals surface area contributed by atoms with Crippen LogP contribution in [-0.2, 0) is 13.1 Å². The van der Waals surface area contributed by atoms with Crippen LogP contribution < -0.4 is 11.1 Å². The maximum Gasteiger partial charge on any atom is 0.289 e. The molecule has 2 heterocycles. The lowest BCUT2D eigenvalue weighted by Gasteiger charge is -2.04. The van der Waals surface area contributed by atoms with E-state index in [1.165, 1.54) is 0 Å². The highest BCUT2D eigenvalue weighted by Crippen LogP contribution is 1.97. The van der Waals surface area contributed by atoms with Gasteiger partial charge in [0.15, 0.2) is 0 Å². The summed E-state index contributed by atoms with van der Waals surface area (Å²) < 4.78 is 0. The van der Waals surface area contributed by atoms with E-state index in [9.17, 15) is 4.79 Å². The highest BCUT2D eigenvalue weighted by Gasteiger charge is 2.08. The van der Waals surface area contributed by atoms with E-state index in [2.05, 4.69) is 20.3 Å². The van der Waals surface area contributed by atoms with E-state index < -0.39 is 0 Å². The monoisotopic (exact) mass is 279 g/mol. The van der Waals surface area contributed by atoms with Crippen LogP contribution in [0.4, 0.5) is 0 Å². The Morgan fingerprint density at radius 1 is 1.21 bits per heavy atom. The minimum absolute atomic E-state index is 0. The third kappa shape index (κ3) is 4.27. The molecular weight excluding hydrogens is 266 g/mol. The van der Waals surface area contributed by atoms with Gasteiger partial charge in [-0.1, -0.05) is 6.07 Å². The van der Waals surface area contributed by atoms with Crippen LogP contribution in [0.1, 0.15) is 21.7 Å². The Kier molecular flexibility index (Phi) is 5.84. The first-order valence-corrected chi connectivity index (χ1v) is 5.47. The topological polar surface area (TPSA) is 93.8 Å². The van der Waals surface area contributed by atoms with Crippen LogP contribution in [0.5, 0.6) is 0 Å². The van der Waals surface area contributed by atoms with Crippen LogP contribution in [0.2, 0.25) is 0 Å². The SMILES string of the molecule is Cl.NCc1cnc(C(=O)NCc2cccnc2)nc1. The van der Waals surface area contributed by atoms with Gasteiger partial charge in [-0.15, -0.1) is 12.4 Å². The van der Waals surface area contributed by atoms with Crippen molar-refractivity contribution in [1.82, 2.24) is 20.3 Å². The molecule has 0 radical (unpaired) electrons. The Balaban J connectivity index is 0.00000180. The minimum Gasteiger partial charge on any atom is -0.345 e. The van der Waals surface area contributed by atoms with Crippen LogP contribution in [0.25, 0.3) is 0 Å². The van der Waals surface area contributed by atoms with Crippen molar-refractivity contribution >= 4 is 18.3 Å². The highest BCUT2D eigenvalue weighted by molar-refractivity contribution is 5.90. The molecule has 2 rings (SSSR count). The van der Waals surface area contributed by atoms with E-state index in [1.807, 2.05) is 12.1 Å². The number of aromatic nitrogens is 3. The summed E-state index contributed by atoms with van der Waals surface area (Å²) in [5.41, 5.74) is 7.13. The molecule has 2 aromatic heterocycles. The predicted molar refractivity (Wildman–Crippen MR) is 72.6 cm³/mol. The van der Waals surface area contributed by atoms with Gasteiger partial charge in [0.25, 0.3) is 5.91 Å². The second-order valence-electron chi connectivity index (χ2n) is 3.66. The molecule has 0 aromatic carbocycles. The molecule has 6 nitrogen and oxygen atoms in total. The van der Waals surface area contributed by atoms with Gasteiger partial charge in [-0.3, -0.25) is 9.78 Å². The van der Waals surface area contributed by atoms with Crippen LogP contribution in [0.3, 0.4) is 0 Å². The smallest absolute Gasteiger partial charge is 0.289 e. The number of nitrogens with two attached hydrogens (primary N) is 1. The Hall–Kier alpha value is -2.05. The summed E-state index contributed by atoms with van der Waals surface area (Å²) in [6, 6.07) is 3.69. The van der Waals surface area contributed by atoms with Crippen molar-refractivity contribution < 1.29 is 4.79 Å². The number of halogens is 1. The minimum atomic E-state index is -0.317. The summed E-state index contributed by atoms with van der Waals surface area (Å²) in [5, 5.41) is 2.72. The molecular formula is C12H14ClN5O. The largest absolute Gasteiger partial charge is 0.345 e. The molecule has 0 aliphatic heterocycles. The summed E-state index contributed by atoms with van der Waals surface area (Å²) in [6.45, 7) is 0.756. The van der Waals surface area contributed by atoms with Crippen LogP contribution in [0, 0.1) is 0 Å². The van der Waals surface area contributed by atoms with E-state index in [0.717, 1.165) is 11.1 Å². The van der Waals surface area contributed by atoms with Crippen molar-refractivity contribution in [3.63, 3.8) is 0 Å². The molecule has 0 atom stereocenters. The zero-order valence-corrected chi connectivity index (χ0v) is 10.9. The number of nitrogens with zero attached hydrogens (tertiary/aromatic N) is 3. The van der Waals surface area contributed by atoms with Crippen molar-refractivity contribution in [2.45, 2.75) is 13.1 Å². The van der Waals surface area contributed by atoms with Gasteiger partial charge < -0.3 is 11.1 Å². The third-order valence-corrected chi connectivity index (χ3v) is 2.32. The summed E-state index contributed by atoms with van der Waals surface area (Å²) in [6.07, 6.45) is 6.47. The number of carbonyl (C=O) groups excluding carboxylic acids is 1. The maximum absolute atomic E-state index is 11.7. The van der Waals surface area contributed by atoms with Crippen molar-refractivity contribution in [2.75, 3.05) is 0 Å². The Bertz CT molecular complexity index is 517. The normalized spacial score (nSPS) is 9.53. The van der Waals surface area contributed by atoms with Crippen molar-refractivity contribution in [1.29, 1.82) is 0 Å². The van der Waals surface area contributed by atoms with Crippen LogP contribution in [0.15, 0.2) is 36.9 Å². The summed E-state index contributed by atoms with van der Waals surface area (Å²) in [7, 11) is 0. The fourth-order valence-electron chi connectivity index (χ4n) is 1.34. The number of hydrogen-bond acceptors (Lipinski definition) is 5. The number of carbonyl (C=O) groups is 1. The summed E-state index contributed by atoms with van der Waals surface area (Å²) in [5.74, 6) is -0.182. The van der Waals surface area contributed by atoms with Gasteiger partial charge in [0.2, 0.25) is 5.82 Å². The quantitative estimate of drug-likeness (QED) is 0.858. The zero-order valence-electron chi connectivity index (χ0n) is 10.1. The van der Waals surface area contributed by atoms with Gasteiger partial charge in [-0.05, 0) is 11.6 Å². The number of pyridine rings is 1. The lowest BCUT2D eigenvalue weighted by atomic mass is 10.3. The van der Waals surface area contributed by atoms with E-state index in [1.54, 1.807) is 24.8 Å². The van der Waals surface area contributed by atoms with E-state index in [0.29, 0.717) is 13.1 Å². The van der Waals surface area contributed by atoms with E-state index >= 15 is 0 Å². The van der Waals surface area contributed by atoms with Gasteiger partial charge in [0.05, 0.1) is 0 Å². The van der Waals surface area contributed by atoms with Crippen molar-refractivity contribution in [3.05, 3.63) is 53.9 Å². The fourth-order valence-corrected chi connectivity index (χ4v) is 1.34. The van der Waals surface area contributed by atoms with Gasteiger partial charge in [0.1, 0.15) is 0 Å². The molecule has 0 unspecified atom stereocenters. The molecule has 3 N–H and O–H groups in total. The summed E-state index contributed by atoms with van der Waals surface area (Å²) in [4.78, 5) is 23.6. The molecule has 0 spiro atoms. The molecule has 0 fully saturated rings. The Labute approximate surface area is 116 Å². The number of rotatable bonds is 4. The zero-order chi connectivity index (χ0) is 12.8.